The van der Waals surface area contributed by atoms with Crippen molar-refractivity contribution in [2.45, 2.75) is 51.1 Å². The summed E-state index contributed by atoms with van der Waals surface area (Å²) >= 11 is 0. The summed E-state index contributed by atoms with van der Waals surface area (Å²) in [4.78, 5) is 22.4. The Labute approximate surface area is 107 Å². The van der Waals surface area contributed by atoms with Crippen LogP contribution < -0.4 is 10.6 Å². The number of carbonyl (C=O) groups excluding carboxylic acids is 1. The van der Waals surface area contributed by atoms with Crippen LogP contribution in [0.15, 0.2) is 0 Å². The van der Waals surface area contributed by atoms with E-state index in [-0.39, 0.29) is 12.5 Å². The van der Waals surface area contributed by atoms with E-state index in [4.69, 9.17) is 5.11 Å². The van der Waals surface area contributed by atoms with Gasteiger partial charge in [0.15, 0.2) is 0 Å². The zero-order valence-electron chi connectivity index (χ0n) is 10.8. The second-order valence-corrected chi connectivity index (χ2v) is 5.72. The Morgan fingerprint density at radius 3 is 2.50 bits per heavy atom. The number of hydrogen-bond donors (Lipinski definition) is 3. The fourth-order valence-corrected chi connectivity index (χ4v) is 3.03. The van der Waals surface area contributed by atoms with Crippen LogP contribution >= 0.6 is 0 Å². The van der Waals surface area contributed by atoms with Crippen LogP contribution in [0, 0.1) is 11.8 Å². The van der Waals surface area contributed by atoms with Crippen LogP contribution in [0.3, 0.4) is 0 Å². The molecule has 5 heteroatoms. The maximum absolute atomic E-state index is 11.7. The first-order valence-electron chi connectivity index (χ1n) is 6.80. The average Bonchev–Trinajstić information content (AvgIpc) is 2.65. The Morgan fingerprint density at radius 2 is 1.94 bits per heavy atom. The van der Waals surface area contributed by atoms with E-state index >= 15 is 0 Å². The molecule has 2 aliphatic heterocycles. The van der Waals surface area contributed by atoms with Gasteiger partial charge < -0.3 is 15.7 Å². The third-order valence-electron chi connectivity index (χ3n) is 4.07. The monoisotopic (exact) mass is 254 g/mol. The first-order chi connectivity index (χ1) is 8.54. The number of carboxylic acids is 1. The van der Waals surface area contributed by atoms with Crippen molar-refractivity contribution in [3.05, 3.63) is 0 Å². The molecular weight excluding hydrogens is 232 g/mol. The predicted octanol–water partition coefficient (Wildman–Crippen LogP) is 0.744. The summed E-state index contributed by atoms with van der Waals surface area (Å²) < 4.78 is 0. The second-order valence-electron chi connectivity index (χ2n) is 5.72. The molecule has 3 N–H and O–H groups in total. The highest BCUT2D eigenvalue weighted by atomic mass is 16.4. The maximum Gasteiger partial charge on any atom is 0.308 e. The van der Waals surface area contributed by atoms with Crippen molar-refractivity contribution in [1.82, 2.24) is 10.6 Å². The number of carbonyl (C=O) groups is 2. The molecular formula is C13H22N2O3. The lowest BCUT2D eigenvalue weighted by Crippen LogP contribution is -2.40. The molecule has 2 bridgehead atoms. The minimum atomic E-state index is -0.866. The van der Waals surface area contributed by atoms with Crippen LogP contribution in [0.2, 0.25) is 0 Å². The highest BCUT2D eigenvalue weighted by Gasteiger charge is 2.34. The number of aliphatic carboxylic acids is 1. The molecule has 18 heavy (non-hydrogen) atoms. The Hall–Kier alpha value is -1.10. The molecule has 3 unspecified atom stereocenters. The number of rotatable bonds is 5. The molecule has 0 aromatic rings. The van der Waals surface area contributed by atoms with Crippen LogP contribution in [0.5, 0.6) is 0 Å². The molecule has 0 saturated carbocycles. The second kappa shape index (κ2) is 5.69. The normalized spacial score (nSPS) is 31.9. The molecule has 1 amide bonds. The number of piperidine rings is 1. The zero-order valence-corrected chi connectivity index (χ0v) is 10.8. The highest BCUT2D eigenvalue weighted by Crippen LogP contribution is 2.32. The van der Waals surface area contributed by atoms with Crippen molar-refractivity contribution in [3.8, 4) is 0 Å². The molecule has 2 saturated heterocycles. The molecule has 5 nitrogen and oxygen atoms in total. The maximum atomic E-state index is 11.7. The SMILES string of the molecule is CC(CNC(=O)CC1CC2CCC(C1)N2)C(=O)O. The number of amides is 1. The van der Waals surface area contributed by atoms with E-state index in [1.807, 2.05) is 0 Å². The van der Waals surface area contributed by atoms with Gasteiger partial charge in [-0.25, -0.2) is 0 Å². The van der Waals surface area contributed by atoms with Crippen LogP contribution in [-0.2, 0) is 9.59 Å². The fourth-order valence-electron chi connectivity index (χ4n) is 3.03. The summed E-state index contributed by atoms with van der Waals surface area (Å²) in [5, 5.41) is 15.0. The lowest BCUT2D eigenvalue weighted by molar-refractivity contribution is -0.141. The highest BCUT2D eigenvalue weighted by molar-refractivity contribution is 5.77. The zero-order chi connectivity index (χ0) is 13.1. The largest absolute Gasteiger partial charge is 0.481 e. The Bertz CT molecular complexity index is 320. The molecule has 0 radical (unpaired) electrons. The van der Waals surface area contributed by atoms with Gasteiger partial charge in [0, 0.05) is 25.0 Å². The van der Waals surface area contributed by atoms with Crippen molar-refractivity contribution in [2.75, 3.05) is 6.54 Å². The summed E-state index contributed by atoms with van der Waals surface area (Å²) in [7, 11) is 0. The minimum Gasteiger partial charge on any atom is -0.481 e. The molecule has 0 aromatic carbocycles. The average molecular weight is 254 g/mol. The minimum absolute atomic E-state index is 0.00519. The van der Waals surface area contributed by atoms with Gasteiger partial charge in [-0.15, -0.1) is 0 Å². The van der Waals surface area contributed by atoms with Crippen molar-refractivity contribution in [3.63, 3.8) is 0 Å². The topological polar surface area (TPSA) is 78.4 Å². The van der Waals surface area contributed by atoms with Gasteiger partial charge in [-0.05, 0) is 31.6 Å². The van der Waals surface area contributed by atoms with E-state index < -0.39 is 11.9 Å². The summed E-state index contributed by atoms with van der Waals surface area (Å²) in [5.74, 6) is -0.924. The van der Waals surface area contributed by atoms with Crippen molar-refractivity contribution in [1.29, 1.82) is 0 Å². The Morgan fingerprint density at radius 1 is 1.33 bits per heavy atom. The van der Waals surface area contributed by atoms with Gasteiger partial charge in [-0.2, -0.15) is 0 Å². The molecule has 0 aromatic heterocycles. The van der Waals surface area contributed by atoms with E-state index in [1.165, 1.54) is 12.8 Å². The predicted molar refractivity (Wildman–Crippen MR) is 67.1 cm³/mol. The quantitative estimate of drug-likeness (QED) is 0.676. The van der Waals surface area contributed by atoms with Gasteiger partial charge in [-0.3, -0.25) is 9.59 Å². The van der Waals surface area contributed by atoms with Gasteiger partial charge in [0.25, 0.3) is 0 Å². The van der Waals surface area contributed by atoms with Gasteiger partial charge in [0.05, 0.1) is 5.92 Å². The summed E-state index contributed by atoms with van der Waals surface area (Å²) in [5.41, 5.74) is 0. The van der Waals surface area contributed by atoms with Crippen molar-refractivity contribution in [2.24, 2.45) is 11.8 Å². The number of carboxylic acid groups (broad SMARTS) is 1. The van der Waals surface area contributed by atoms with Crippen LogP contribution in [0.4, 0.5) is 0 Å². The number of fused-ring (bicyclic) bond motifs is 2. The molecule has 102 valence electrons. The van der Waals surface area contributed by atoms with Crippen LogP contribution in [-0.4, -0.2) is 35.6 Å². The van der Waals surface area contributed by atoms with Crippen molar-refractivity contribution >= 4 is 11.9 Å². The van der Waals surface area contributed by atoms with Crippen LogP contribution in [0.25, 0.3) is 0 Å². The first kappa shape index (κ1) is 13.3. The number of hydrogen-bond acceptors (Lipinski definition) is 3. The van der Waals surface area contributed by atoms with E-state index in [1.54, 1.807) is 6.92 Å². The van der Waals surface area contributed by atoms with Gasteiger partial charge in [0.1, 0.15) is 0 Å². The molecule has 2 aliphatic rings. The first-order valence-corrected chi connectivity index (χ1v) is 6.80. The third kappa shape index (κ3) is 3.45. The third-order valence-corrected chi connectivity index (χ3v) is 4.07. The van der Waals surface area contributed by atoms with E-state index in [9.17, 15) is 9.59 Å². The fraction of sp³-hybridized carbons (Fsp3) is 0.846. The van der Waals surface area contributed by atoms with E-state index in [0.717, 1.165) is 12.8 Å². The van der Waals surface area contributed by atoms with E-state index in [2.05, 4.69) is 10.6 Å². The van der Waals surface area contributed by atoms with Gasteiger partial charge >= 0.3 is 5.97 Å². The van der Waals surface area contributed by atoms with Gasteiger partial charge in [-0.1, -0.05) is 6.92 Å². The summed E-state index contributed by atoms with van der Waals surface area (Å²) in [6, 6.07) is 1.19. The number of nitrogens with one attached hydrogen (secondary N) is 2. The van der Waals surface area contributed by atoms with Crippen LogP contribution in [0.1, 0.15) is 39.0 Å². The summed E-state index contributed by atoms with van der Waals surface area (Å²) in [6.07, 6.45) is 5.18. The van der Waals surface area contributed by atoms with Gasteiger partial charge in [0.2, 0.25) is 5.91 Å². The Kier molecular flexibility index (Phi) is 4.22. The van der Waals surface area contributed by atoms with E-state index in [0.29, 0.717) is 24.4 Å². The Balaban J connectivity index is 1.69. The molecule has 0 spiro atoms. The lowest BCUT2D eigenvalue weighted by atomic mass is 9.89. The summed E-state index contributed by atoms with van der Waals surface area (Å²) in [6.45, 7) is 1.83. The molecule has 2 fully saturated rings. The smallest absolute Gasteiger partial charge is 0.308 e. The lowest BCUT2D eigenvalue weighted by Gasteiger charge is -2.28. The molecule has 3 atom stereocenters. The van der Waals surface area contributed by atoms with Crippen molar-refractivity contribution < 1.29 is 14.7 Å². The molecule has 2 heterocycles. The molecule has 0 aliphatic carbocycles. The standard InChI is InChI=1S/C13H22N2O3/c1-8(13(17)18)7-14-12(16)6-9-4-10-2-3-11(5-9)15-10/h8-11,15H,2-7H2,1H3,(H,14,16)(H,17,18). The molecule has 2 rings (SSSR count).